The van der Waals surface area contributed by atoms with Gasteiger partial charge in [-0.3, -0.25) is 4.79 Å². The number of aliphatic hydroxyl groups excluding tert-OH is 1. The summed E-state index contributed by atoms with van der Waals surface area (Å²) in [6.07, 6.45) is 0. The molecule has 88 valence electrons. The van der Waals surface area contributed by atoms with E-state index < -0.39 is 0 Å². The highest BCUT2D eigenvalue weighted by atomic mass is 16.3. The number of nitrogens with one attached hydrogen (secondary N) is 1. The van der Waals surface area contributed by atoms with Crippen LogP contribution in [-0.2, 0) is 4.79 Å². The van der Waals surface area contributed by atoms with Gasteiger partial charge in [0.05, 0.1) is 19.2 Å². The number of benzene rings is 1. The maximum absolute atomic E-state index is 11.5. The van der Waals surface area contributed by atoms with Gasteiger partial charge in [0.2, 0.25) is 5.91 Å². The lowest BCUT2D eigenvalue weighted by Crippen LogP contribution is -2.37. The maximum Gasteiger partial charge on any atom is 0.234 e. The van der Waals surface area contributed by atoms with Crippen LogP contribution in [0.3, 0.4) is 0 Å². The second kappa shape index (κ2) is 6.25. The van der Waals surface area contributed by atoms with E-state index in [1.165, 1.54) is 0 Å². The number of amides is 1. The average molecular weight is 222 g/mol. The van der Waals surface area contributed by atoms with E-state index in [0.717, 1.165) is 5.56 Å². The number of hydrogen-bond donors (Lipinski definition) is 2. The Morgan fingerprint density at radius 1 is 1.38 bits per heavy atom. The molecule has 0 saturated heterocycles. The monoisotopic (exact) mass is 222 g/mol. The number of carbonyl (C=O) groups is 1. The Balaban J connectivity index is 2.59. The van der Waals surface area contributed by atoms with Gasteiger partial charge in [-0.15, -0.1) is 0 Å². The second-order valence-corrected chi connectivity index (χ2v) is 3.95. The largest absolute Gasteiger partial charge is 0.394 e. The molecule has 1 rings (SSSR count). The summed E-state index contributed by atoms with van der Waals surface area (Å²) in [6, 6.07) is 9.12. The Labute approximate surface area is 95.9 Å². The van der Waals surface area contributed by atoms with Crippen molar-refractivity contribution in [1.82, 2.24) is 10.2 Å². The molecular weight excluding hydrogens is 204 g/mol. The van der Waals surface area contributed by atoms with E-state index in [1.54, 1.807) is 4.90 Å². The minimum absolute atomic E-state index is 0.0899. The minimum atomic E-state index is -0.325. The molecule has 0 radical (unpaired) electrons. The zero-order valence-corrected chi connectivity index (χ0v) is 9.68. The molecule has 1 amide bonds. The molecule has 0 aliphatic carbocycles. The first-order chi connectivity index (χ1) is 7.63. The van der Waals surface area contributed by atoms with Crippen LogP contribution in [0.25, 0.3) is 0 Å². The highest BCUT2D eigenvalue weighted by Gasteiger charge is 2.13. The molecule has 0 aliphatic rings. The quantitative estimate of drug-likeness (QED) is 0.758. The third-order valence-corrected chi connectivity index (χ3v) is 2.18. The standard InChI is InChI=1S/C12H18N2O2/c1-14(2)8-12(16)13-11(9-15)10-6-4-3-5-7-10/h3-7,11,15H,8-9H2,1-2H3,(H,13,16)/t11-/m0/s1. The van der Waals surface area contributed by atoms with Crippen LogP contribution in [0.15, 0.2) is 30.3 Å². The third kappa shape index (κ3) is 4.00. The van der Waals surface area contributed by atoms with Gasteiger partial charge < -0.3 is 15.3 Å². The van der Waals surface area contributed by atoms with Gasteiger partial charge in [0.25, 0.3) is 0 Å². The van der Waals surface area contributed by atoms with Crippen molar-refractivity contribution < 1.29 is 9.90 Å². The lowest BCUT2D eigenvalue weighted by Gasteiger charge is -2.18. The Hall–Kier alpha value is -1.39. The van der Waals surface area contributed by atoms with Crippen molar-refractivity contribution in [2.45, 2.75) is 6.04 Å². The van der Waals surface area contributed by atoms with Crippen LogP contribution >= 0.6 is 0 Å². The average Bonchev–Trinajstić information content (AvgIpc) is 2.26. The first-order valence-electron chi connectivity index (χ1n) is 5.23. The van der Waals surface area contributed by atoms with Gasteiger partial charge in [0, 0.05) is 0 Å². The van der Waals surface area contributed by atoms with Crippen LogP contribution in [0.5, 0.6) is 0 Å². The molecule has 1 aromatic rings. The maximum atomic E-state index is 11.5. The van der Waals surface area contributed by atoms with Crippen molar-refractivity contribution >= 4 is 5.91 Å². The topological polar surface area (TPSA) is 52.6 Å². The zero-order chi connectivity index (χ0) is 12.0. The fraction of sp³-hybridized carbons (Fsp3) is 0.417. The van der Waals surface area contributed by atoms with E-state index in [1.807, 2.05) is 44.4 Å². The predicted molar refractivity (Wildman–Crippen MR) is 63.0 cm³/mol. The van der Waals surface area contributed by atoms with Crippen LogP contribution in [0.4, 0.5) is 0 Å². The Bertz CT molecular complexity index is 325. The zero-order valence-electron chi connectivity index (χ0n) is 9.68. The molecular formula is C12H18N2O2. The Kier molecular flexibility index (Phi) is 4.95. The molecule has 2 N–H and O–H groups in total. The molecule has 16 heavy (non-hydrogen) atoms. The molecule has 0 spiro atoms. The summed E-state index contributed by atoms with van der Waals surface area (Å²) < 4.78 is 0. The van der Waals surface area contributed by atoms with E-state index >= 15 is 0 Å². The summed E-state index contributed by atoms with van der Waals surface area (Å²) >= 11 is 0. The summed E-state index contributed by atoms with van der Waals surface area (Å²) in [6.45, 7) is 0.229. The Morgan fingerprint density at radius 2 is 2.00 bits per heavy atom. The SMILES string of the molecule is CN(C)CC(=O)N[C@@H](CO)c1ccccc1. The first-order valence-corrected chi connectivity index (χ1v) is 5.23. The fourth-order valence-corrected chi connectivity index (χ4v) is 1.45. The molecule has 4 nitrogen and oxygen atoms in total. The van der Waals surface area contributed by atoms with E-state index in [2.05, 4.69) is 5.32 Å². The lowest BCUT2D eigenvalue weighted by molar-refractivity contribution is -0.122. The van der Waals surface area contributed by atoms with E-state index in [-0.39, 0.29) is 18.6 Å². The first kappa shape index (κ1) is 12.7. The lowest BCUT2D eigenvalue weighted by atomic mass is 10.1. The fourth-order valence-electron chi connectivity index (χ4n) is 1.45. The van der Waals surface area contributed by atoms with Crippen molar-refractivity contribution in [2.75, 3.05) is 27.2 Å². The number of aliphatic hydroxyl groups is 1. The summed E-state index contributed by atoms with van der Waals surface area (Å²) in [7, 11) is 3.66. The molecule has 1 aromatic carbocycles. The molecule has 0 saturated carbocycles. The van der Waals surface area contributed by atoms with Crippen molar-refractivity contribution in [3.8, 4) is 0 Å². The van der Waals surface area contributed by atoms with Crippen LogP contribution in [0, 0.1) is 0 Å². The van der Waals surface area contributed by atoms with Crippen molar-refractivity contribution in [2.24, 2.45) is 0 Å². The third-order valence-electron chi connectivity index (χ3n) is 2.18. The second-order valence-electron chi connectivity index (χ2n) is 3.95. The number of hydrogen-bond acceptors (Lipinski definition) is 3. The van der Waals surface area contributed by atoms with Gasteiger partial charge in [-0.25, -0.2) is 0 Å². The number of carbonyl (C=O) groups excluding carboxylic acids is 1. The smallest absolute Gasteiger partial charge is 0.234 e. The van der Waals surface area contributed by atoms with Crippen molar-refractivity contribution in [1.29, 1.82) is 0 Å². The van der Waals surface area contributed by atoms with Crippen molar-refractivity contribution in [3.63, 3.8) is 0 Å². The van der Waals surface area contributed by atoms with Crippen molar-refractivity contribution in [3.05, 3.63) is 35.9 Å². The molecule has 0 aromatic heterocycles. The predicted octanol–water partition coefficient (Wildman–Crippen LogP) is 0.398. The number of nitrogens with zero attached hydrogens (tertiary/aromatic N) is 1. The van der Waals surface area contributed by atoms with E-state index in [0.29, 0.717) is 6.54 Å². The molecule has 4 heteroatoms. The van der Waals surface area contributed by atoms with Gasteiger partial charge in [-0.2, -0.15) is 0 Å². The number of likely N-dealkylation sites (N-methyl/N-ethyl adjacent to an activating group) is 1. The van der Waals surface area contributed by atoms with Gasteiger partial charge in [-0.05, 0) is 19.7 Å². The molecule has 0 fully saturated rings. The van der Waals surface area contributed by atoms with Gasteiger partial charge in [-0.1, -0.05) is 30.3 Å². The molecule has 0 heterocycles. The van der Waals surface area contributed by atoms with Gasteiger partial charge in [0.15, 0.2) is 0 Å². The van der Waals surface area contributed by atoms with Crippen LogP contribution in [0.1, 0.15) is 11.6 Å². The van der Waals surface area contributed by atoms with Crippen LogP contribution in [0.2, 0.25) is 0 Å². The highest BCUT2D eigenvalue weighted by molar-refractivity contribution is 5.78. The molecule has 0 aliphatic heterocycles. The number of rotatable bonds is 5. The van der Waals surface area contributed by atoms with Crippen LogP contribution < -0.4 is 5.32 Å². The molecule has 0 unspecified atom stereocenters. The summed E-state index contributed by atoms with van der Waals surface area (Å²) in [4.78, 5) is 13.3. The summed E-state index contributed by atoms with van der Waals surface area (Å²) in [5, 5.41) is 12.0. The summed E-state index contributed by atoms with van der Waals surface area (Å²) in [5.41, 5.74) is 0.914. The van der Waals surface area contributed by atoms with Gasteiger partial charge in [0.1, 0.15) is 0 Å². The minimum Gasteiger partial charge on any atom is -0.394 e. The van der Waals surface area contributed by atoms with E-state index in [9.17, 15) is 9.90 Å². The normalized spacial score (nSPS) is 12.5. The van der Waals surface area contributed by atoms with Crippen LogP contribution in [-0.4, -0.2) is 43.2 Å². The van der Waals surface area contributed by atoms with E-state index in [4.69, 9.17) is 0 Å². The highest BCUT2D eigenvalue weighted by Crippen LogP contribution is 2.11. The molecule has 0 bridgehead atoms. The molecule has 1 atom stereocenters. The van der Waals surface area contributed by atoms with Gasteiger partial charge >= 0.3 is 0 Å². The summed E-state index contributed by atoms with van der Waals surface area (Å²) in [5.74, 6) is -0.0899. The Morgan fingerprint density at radius 3 is 2.50 bits per heavy atom.